The van der Waals surface area contributed by atoms with Gasteiger partial charge in [0.1, 0.15) is 6.61 Å². The molecule has 4 rings (SSSR count). The summed E-state index contributed by atoms with van der Waals surface area (Å²) in [6.45, 7) is 5.57. The lowest BCUT2D eigenvalue weighted by Crippen LogP contribution is -2.33. The van der Waals surface area contributed by atoms with Crippen molar-refractivity contribution in [1.29, 1.82) is 0 Å². The van der Waals surface area contributed by atoms with Crippen LogP contribution < -0.4 is 14.9 Å². The number of ether oxygens (including phenoxy) is 4. The van der Waals surface area contributed by atoms with Crippen LogP contribution in [-0.4, -0.2) is 37.7 Å². The Balaban J connectivity index is 1.40. The number of nitrogens with zero attached hydrogens (tertiary/aromatic N) is 1. The Morgan fingerprint density at radius 1 is 1.06 bits per heavy atom. The first-order valence-corrected chi connectivity index (χ1v) is 11.0. The van der Waals surface area contributed by atoms with Gasteiger partial charge in [-0.1, -0.05) is 42.5 Å². The predicted octanol–water partition coefficient (Wildman–Crippen LogP) is 4.42. The highest BCUT2D eigenvalue weighted by molar-refractivity contribution is 5.85. The van der Waals surface area contributed by atoms with Crippen molar-refractivity contribution >= 4 is 22.9 Å². The van der Waals surface area contributed by atoms with Crippen molar-refractivity contribution in [2.24, 2.45) is 5.10 Å². The van der Waals surface area contributed by atoms with Crippen molar-refractivity contribution in [3.8, 4) is 11.5 Å². The monoisotopic (exact) mass is 448 g/mol. The fourth-order valence-electron chi connectivity index (χ4n) is 3.74. The van der Waals surface area contributed by atoms with Crippen LogP contribution in [0.1, 0.15) is 31.4 Å². The van der Waals surface area contributed by atoms with Gasteiger partial charge in [0.2, 0.25) is 5.91 Å². The summed E-state index contributed by atoms with van der Waals surface area (Å²) < 4.78 is 22.8. The van der Waals surface area contributed by atoms with Gasteiger partial charge in [0.05, 0.1) is 32.5 Å². The Bertz CT molecular complexity index is 1130. The molecule has 1 N–H and O–H groups in total. The van der Waals surface area contributed by atoms with E-state index in [1.807, 2.05) is 43.3 Å². The highest BCUT2D eigenvalue weighted by Gasteiger charge is 2.33. The normalized spacial score (nSPS) is 15.1. The van der Waals surface area contributed by atoms with Crippen LogP contribution in [0.2, 0.25) is 0 Å². The van der Waals surface area contributed by atoms with E-state index in [1.165, 1.54) is 10.8 Å². The Morgan fingerprint density at radius 3 is 2.67 bits per heavy atom. The van der Waals surface area contributed by atoms with Crippen molar-refractivity contribution in [2.75, 3.05) is 19.8 Å². The van der Waals surface area contributed by atoms with Crippen LogP contribution in [-0.2, 0) is 20.9 Å². The molecule has 1 fully saturated rings. The third-order valence-corrected chi connectivity index (χ3v) is 5.31. The van der Waals surface area contributed by atoms with E-state index in [0.29, 0.717) is 37.9 Å². The number of benzene rings is 3. The van der Waals surface area contributed by atoms with Crippen LogP contribution in [0.5, 0.6) is 11.5 Å². The topological polar surface area (TPSA) is 78.4 Å². The summed E-state index contributed by atoms with van der Waals surface area (Å²) in [5, 5.41) is 6.39. The first-order valence-electron chi connectivity index (χ1n) is 11.0. The van der Waals surface area contributed by atoms with Gasteiger partial charge in [-0.3, -0.25) is 4.79 Å². The largest absolute Gasteiger partial charge is 0.490 e. The lowest BCUT2D eigenvalue weighted by atomic mass is 10.1. The zero-order valence-corrected chi connectivity index (χ0v) is 18.9. The molecule has 3 aromatic rings. The number of carbonyl (C=O) groups is 1. The van der Waals surface area contributed by atoms with Gasteiger partial charge in [-0.15, -0.1) is 0 Å². The highest BCUT2D eigenvalue weighted by Crippen LogP contribution is 2.30. The summed E-state index contributed by atoms with van der Waals surface area (Å²) in [6, 6.07) is 20.0. The number of hydrogen-bond acceptors (Lipinski definition) is 6. The van der Waals surface area contributed by atoms with Gasteiger partial charge in [0.25, 0.3) is 0 Å². The fraction of sp³-hybridized carbons (Fsp3) is 0.308. The van der Waals surface area contributed by atoms with Crippen LogP contribution in [0.3, 0.4) is 0 Å². The van der Waals surface area contributed by atoms with E-state index in [1.54, 1.807) is 13.1 Å². The molecule has 0 spiro atoms. The highest BCUT2D eigenvalue weighted by atomic mass is 16.7. The zero-order valence-electron chi connectivity index (χ0n) is 18.9. The Hall–Kier alpha value is -3.42. The molecular formula is C26H28N2O5. The van der Waals surface area contributed by atoms with Crippen LogP contribution >= 0.6 is 0 Å². The minimum absolute atomic E-state index is 0.0789. The van der Waals surface area contributed by atoms with Gasteiger partial charge >= 0.3 is 0 Å². The SMILES string of the molecule is CCOc1cc(/C=N\NC(=O)CC2(C)OCCO2)ccc1OCc1cccc2ccccc12. The molecule has 7 heteroatoms. The van der Waals surface area contributed by atoms with Crippen LogP contribution in [0.25, 0.3) is 10.8 Å². The molecule has 3 aromatic carbocycles. The van der Waals surface area contributed by atoms with Crippen molar-refractivity contribution in [1.82, 2.24) is 5.43 Å². The predicted molar refractivity (Wildman–Crippen MR) is 127 cm³/mol. The lowest BCUT2D eigenvalue weighted by Gasteiger charge is -2.20. The Morgan fingerprint density at radius 2 is 1.85 bits per heavy atom. The molecule has 0 bridgehead atoms. The number of carbonyl (C=O) groups excluding carboxylic acids is 1. The summed E-state index contributed by atoms with van der Waals surface area (Å²) in [4.78, 5) is 12.1. The average Bonchev–Trinajstić information content (AvgIpc) is 3.24. The number of nitrogens with one attached hydrogen (secondary N) is 1. The molecule has 1 heterocycles. The molecular weight excluding hydrogens is 420 g/mol. The Labute approximate surface area is 193 Å². The van der Waals surface area contributed by atoms with Crippen LogP contribution in [0, 0.1) is 0 Å². The maximum atomic E-state index is 12.1. The molecule has 0 aromatic heterocycles. The maximum Gasteiger partial charge on any atom is 0.245 e. The molecule has 0 aliphatic carbocycles. The first kappa shape index (κ1) is 22.8. The second kappa shape index (κ2) is 10.5. The summed E-state index contributed by atoms with van der Waals surface area (Å²) >= 11 is 0. The van der Waals surface area contributed by atoms with Gasteiger partial charge in [0.15, 0.2) is 17.3 Å². The molecule has 0 saturated carbocycles. The standard InChI is InChI=1S/C26H28N2O5/c1-3-30-24-15-19(17-27-28-25(29)16-26(2)32-13-14-33-26)11-12-23(24)31-18-21-9-6-8-20-7-4-5-10-22(20)21/h4-12,15,17H,3,13-14,16,18H2,1-2H3,(H,28,29)/b27-17-. The first-order chi connectivity index (χ1) is 16.1. The van der Waals surface area contributed by atoms with E-state index in [9.17, 15) is 4.79 Å². The smallest absolute Gasteiger partial charge is 0.245 e. The minimum Gasteiger partial charge on any atom is -0.490 e. The molecule has 172 valence electrons. The van der Waals surface area contributed by atoms with Crippen molar-refractivity contribution in [2.45, 2.75) is 32.7 Å². The molecule has 33 heavy (non-hydrogen) atoms. The van der Waals surface area contributed by atoms with E-state index >= 15 is 0 Å². The second-order valence-corrected chi connectivity index (χ2v) is 7.87. The number of fused-ring (bicyclic) bond motifs is 1. The number of hydrogen-bond donors (Lipinski definition) is 1. The number of rotatable bonds is 9. The summed E-state index contributed by atoms with van der Waals surface area (Å²) in [6.07, 6.45) is 1.64. The zero-order chi connectivity index (χ0) is 23.1. The quantitative estimate of drug-likeness (QED) is 0.387. The van der Waals surface area contributed by atoms with Crippen molar-refractivity contribution in [3.63, 3.8) is 0 Å². The average molecular weight is 449 g/mol. The van der Waals surface area contributed by atoms with E-state index in [4.69, 9.17) is 18.9 Å². The molecule has 1 aliphatic heterocycles. The molecule has 1 saturated heterocycles. The van der Waals surface area contributed by atoms with Crippen LogP contribution in [0.4, 0.5) is 0 Å². The maximum absolute atomic E-state index is 12.1. The van der Waals surface area contributed by atoms with E-state index in [2.05, 4.69) is 34.8 Å². The second-order valence-electron chi connectivity index (χ2n) is 7.87. The lowest BCUT2D eigenvalue weighted by molar-refractivity contribution is -0.159. The third kappa shape index (κ3) is 5.88. The van der Waals surface area contributed by atoms with E-state index < -0.39 is 5.79 Å². The van der Waals surface area contributed by atoms with E-state index in [-0.39, 0.29) is 12.3 Å². The Kier molecular flexibility index (Phi) is 7.22. The van der Waals surface area contributed by atoms with Gasteiger partial charge < -0.3 is 18.9 Å². The molecule has 0 unspecified atom stereocenters. The van der Waals surface area contributed by atoms with E-state index in [0.717, 1.165) is 11.1 Å². The number of amides is 1. The molecule has 0 radical (unpaired) electrons. The van der Waals surface area contributed by atoms with Gasteiger partial charge in [-0.2, -0.15) is 5.10 Å². The van der Waals surface area contributed by atoms with Crippen molar-refractivity contribution in [3.05, 3.63) is 71.8 Å². The van der Waals surface area contributed by atoms with Gasteiger partial charge in [-0.05, 0) is 53.9 Å². The minimum atomic E-state index is -0.884. The molecule has 0 atom stereocenters. The molecule has 1 aliphatic rings. The molecule has 7 nitrogen and oxygen atoms in total. The van der Waals surface area contributed by atoms with Crippen LogP contribution in [0.15, 0.2) is 65.8 Å². The summed E-state index contributed by atoms with van der Waals surface area (Å²) in [5.74, 6) is 0.101. The number of hydrazone groups is 1. The summed E-state index contributed by atoms with van der Waals surface area (Å²) in [5.41, 5.74) is 4.39. The third-order valence-electron chi connectivity index (χ3n) is 5.31. The van der Waals surface area contributed by atoms with Gasteiger partial charge in [0, 0.05) is 0 Å². The summed E-state index contributed by atoms with van der Waals surface area (Å²) in [7, 11) is 0. The molecule has 1 amide bonds. The fourth-order valence-corrected chi connectivity index (χ4v) is 3.74. The van der Waals surface area contributed by atoms with Gasteiger partial charge in [-0.25, -0.2) is 5.43 Å². The van der Waals surface area contributed by atoms with Crippen molar-refractivity contribution < 1.29 is 23.7 Å².